The first-order chi connectivity index (χ1) is 8.17. The van der Waals surface area contributed by atoms with Gasteiger partial charge in [-0.15, -0.1) is 0 Å². The normalized spacial score (nSPS) is 24.3. The van der Waals surface area contributed by atoms with Crippen molar-refractivity contribution in [3.63, 3.8) is 0 Å². The fourth-order valence-electron chi connectivity index (χ4n) is 1.85. The van der Waals surface area contributed by atoms with E-state index in [0.717, 1.165) is 6.42 Å². The lowest BCUT2D eigenvalue weighted by Gasteiger charge is -2.39. The predicted molar refractivity (Wildman–Crippen MR) is 76.0 cm³/mol. The topological polar surface area (TPSA) is 35.5 Å². The highest BCUT2D eigenvalue weighted by Crippen LogP contribution is 2.40. The Balaban J connectivity index is 2.65. The molecular weight excluding hydrogens is 244 g/mol. The predicted octanol–water partition coefficient (Wildman–Crippen LogP) is 3.52. The third kappa shape index (κ3) is 3.69. The Kier molecular flexibility index (Phi) is 4.78. The maximum absolute atomic E-state index is 11.4. The average molecular weight is 270 g/mol. The van der Waals surface area contributed by atoms with E-state index in [4.69, 9.17) is 9.16 Å². The molecule has 0 aliphatic heterocycles. The smallest absolute Gasteiger partial charge is 0.306 e. The number of methoxy groups -OCH3 is 1. The van der Waals surface area contributed by atoms with Gasteiger partial charge in [0.1, 0.15) is 0 Å². The summed E-state index contributed by atoms with van der Waals surface area (Å²) in [5.74, 6) is 0.0157. The zero-order chi connectivity index (χ0) is 14.0. The largest absolute Gasteiger partial charge is 0.469 e. The van der Waals surface area contributed by atoms with Crippen molar-refractivity contribution >= 4 is 14.3 Å². The fourth-order valence-corrected chi connectivity index (χ4v) is 3.23. The summed E-state index contributed by atoms with van der Waals surface area (Å²) in [5, 5.41) is 0.200. The average Bonchev–Trinajstić information content (AvgIpc) is 2.63. The maximum Gasteiger partial charge on any atom is 0.306 e. The lowest BCUT2D eigenvalue weighted by molar-refractivity contribution is -0.142. The lowest BCUT2D eigenvalue weighted by atomic mass is 10.0. The number of hydrogen-bond donors (Lipinski definition) is 0. The first-order valence-electron chi connectivity index (χ1n) is 6.58. The molecule has 1 rings (SSSR count). The van der Waals surface area contributed by atoms with Gasteiger partial charge in [0.2, 0.25) is 0 Å². The standard InChI is InChI=1S/C14H26O3Si/c1-14(2,3)18(5,6)17-12-9-7-8-11(12)10-13(15)16-4/h7-8,11-12H,9-10H2,1-6H3/t11-,12+/m0/s1. The van der Waals surface area contributed by atoms with Gasteiger partial charge in [-0.05, 0) is 24.6 Å². The van der Waals surface area contributed by atoms with Crippen LogP contribution < -0.4 is 0 Å². The van der Waals surface area contributed by atoms with E-state index < -0.39 is 8.32 Å². The Morgan fingerprint density at radius 3 is 2.50 bits per heavy atom. The Bertz CT molecular complexity index is 328. The summed E-state index contributed by atoms with van der Waals surface area (Å²) in [6, 6.07) is 0. The molecule has 0 bridgehead atoms. The molecule has 18 heavy (non-hydrogen) atoms. The summed E-state index contributed by atoms with van der Waals surface area (Å²) in [6.45, 7) is 11.2. The van der Waals surface area contributed by atoms with Gasteiger partial charge < -0.3 is 9.16 Å². The van der Waals surface area contributed by atoms with Gasteiger partial charge in [-0.3, -0.25) is 4.79 Å². The molecule has 1 aliphatic carbocycles. The second kappa shape index (κ2) is 5.57. The molecule has 0 spiro atoms. The Labute approximate surface area is 112 Å². The van der Waals surface area contributed by atoms with Gasteiger partial charge in [0.05, 0.1) is 19.6 Å². The number of carbonyl (C=O) groups excluding carboxylic acids is 1. The van der Waals surface area contributed by atoms with E-state index in [9.17, 15) is 4.79 Å². The van der Waals surface area contributed by atoms with Crippen LogP contribution in [-0.4, -0.2) is 27.5 Å². The molecule has 0 N–H and O–H groups in total. The molecule has 0 saturated carbocycles. The summed E-state index contributed by atoms with van der Waals surface area (Å²) in [7, 11) is -0.330. The van der Waals surface area contributed by atoms with Crippen LogP contribution in [0, 0.1) is 5.92 Å². The summed E-state index contributed by atoms with van der Waals surface area (Å²) in [6.07, 6.45) is 5.69. The van der Waals surface area contributed by atoms with Crippen LogP contribution in [0.2, 0.25) is 18.1 Å². The molecule has 3 nitrogen and oxygen atoms in total. The third-order valence-electron chi connectivity index (χ3n) is 4.11. The maximum atomic E-state index is 11.4. The molecule has 0 aromatic rings. The van der Waals surface area contributed by atoms with Crippen LogP contribution in [0.4, 0.5) is 0 Å². The van der Waals surface area contributed by atoms with E-state index in [-0.39, 0.29) is 23.0 Å². The minimum atomic E-state index is -1.77. The second-order valence-corrected chi connectivity index (χ2v) is 11.3. The van der Waals surface area contributed by atoms with Gasteiger partial charge in [-0.2, -0.15) is 0 Å². The zero-order valence-electron chi connectivity index (χ0n) is 12.4. The molecule has 2 atom stereocenters. The van der Waals surface area contributed by atoms with Crippen LogP contribution in [0.25, 0.3) is 0 Å². The lowest BCUT2D eigenvalue weighted by Crippen LogP contribution is -2.45. The zero-order valence-corrected chi connectivity index (χ0v) is 13.4. The summed E-state index contributed by atoms with van der Waals surface area (Å²) in [4.78, 5) is 11.4. The first-order valence-corrected chi connectivity index (χ1v) is 9.49. The summed E-state index contributed by atoms with van der Waals surface area (Å²) < 4.78 is 11.1. The quantitative estimate of drug-likeness (QED) is 0.445. The summed E-state index contributed by atoms with van der Waals surface area (Å²) in [5.41, 5.74) is 0. The van der Waals surface area contributed by atoms with Crippen LogP contribution >= 0.6 is 0 Å². The van der Waals surface area contributed by atoms with Crippen molar-refractivity contribution in [2.24, 2.45) is 5.92 Å². The highest BCUT2D eigenvalue weighted by atomic mass is 28.4. The molecule has 0 unspecified atom stereocenters. The fraction of sp³-hybridized carbons (Fsp3) is 0.786. The number of hydrogen-bond acceptors (Lipinski definition) is 3. The van der Waals surface area contributed by atoms with Crippen molar-refractivity contribution in [2.75, 3.05) is 7.11 Å². The molecule has 1 aliphatic rings. The van der Waals surface area contributed by atoms with Gasteiger partial charge in [0.25, 0.3) is 0 Å². The van der Waals surface area contributed by atoms with Crippen LogP contribution in [0.1, 0.15) is 33.6 Å². The molecule has 0 heterocycles. The van der Waals surface area contributed by atoms with Gasteiger partial charge in [-0.25, -0.2) is 0 Å². The van der Waals surface area contributed by atoms with E-state index in [1.807, 2.05) is 0 Å². The Morgan fingerprint density at radius 2 is 2.00 bits per heavy atom. The second-order valence-electron chi connectivity index (χ2n) is 6.52. The monoisotopic (exact) mass is 270 g/mol. The van der Waals surface area contributed by atoms with Crippen LogP contribution in [-0.2, 0) is 14.0 Å². The Morgan fingerprint density at radius 1 is 1.39 bits per heavy atom. The van der Waals surface area contributed by atoms with E-state index in [0.29, 0.717) is 6.42 Å². The van der Waals surface area contributed by atoms with Crippen molar-refractivity contribution in [3.05, 3.63) is 12.2 Å². The van der Waals surface area contributed by atoms with Gasteiger partial charge >= 0.3 is 5.97 Å². The first kappa shape index (κ1) is 15.4. The van der Waals surface area contributed by atoms with Crippen molar-refractivity contribution < 1.29 is 14.0 Å². The molecule has 0 aromatic carbocycles. The van der Waals surface area contributed by atoms with Crippen molar-refractivity contribution in [1.82, 2.24) is 0 Å². The van der Waals surface area contributed by atoms with Crippen molar-refractivity contribution in [1.29, 1.82) is 0 Å². The van der Waals surface area contributed by atoms with Gasteiger partial charge in [0, 0.05) is 5.92 Å². The molecule has 4 heteroatoms. The molecular formula is C14H26O3Si. The van der Waals surface area contributed by atoms with Crippen LogP contribution in [0.5, 0.6) is 0 Å². The Hall–Kier alpha value is -0.613. The number of esters is 1. The van der Waals surface area contributed by atoms with E-state index in [2.05, 4.69) is 46.0 Å². The van der Waals surface area contributed by atoms with Crippen molar-refractivity contribution in [3.8, 4) is 0 Å². The third-order valence-corrected chi connectivity index (χ3v) is 8.62. The highest BCUT2D eigenvalue weighted by Gasteiger charge is 2.41. The molecule has 0 fully saturated rings. The van der Waals surface area contributed by atoms with Crippen LogP contribution in [0.3, 0.4) is 0 Å². The summed E-state index contributed by atoms with van der Waals surface area (Å²) >= 11 is 0. The van der Waals surface area contributed by atoms with Gasteiger partial charge in [-0.1, -0.05) is 32.9 Å². The van der Waals surface area contributed by atoms with Crippen molar-refractivity contribution in [2.45, 2.75) is 57.8 Å². The molecule has 0 saturated heterocycles. The van der Waals surface area contributed by atoms with Crippen LogP contribution in [0.15, 0.2) is 12.2 Å². The molecule has 0 amide bonds. The van der Waals surface area contributed by atoms with E-state index >= 15 is 0 Å². The SMILES string of the molecule is COC(=O)C[C@@H]1C=CC[C@H]1O[Si](C)(C)C(C)(C)C. The van der Waals surface area contributed by atoms with E-state index in [1.165, 1.54) is 7.11 Å². The molecule has 104 valence electrons. The molecule has 0 radical (unpaired) electrons. The minimum Gasteiger partial charge on any atom is -0.469 e. The number of carbonyl (C=O) groups is 1. The van der Waals surface area contributed by atoms with E-state index in [1.54, 1.807) is 0 Å². The number of ether oxygens (including phenoxy) is 1. The highest BCUT2D eigenvalue weighted by molar-refractivity contribution is 6.74. The molecule has 0 aromatic heterocycles. The van der Waals surface area contributed by atoms with Gasteiger partial charge in [0.15, 0.2) is 8.32 Å². The minimum absolute atomic E-state index is 0.144. The number of rotatable bonds is 4.